The second-order valence-electron chi connectivity index (χ2n) is 3.42. The smallest absolute Gasteiger partial charge is 0.315 e. The first-order chi connectivity index (χ1) is 8.15. The van der Waals surface area contributed by atoms with Crippen LogP contribution in [0.1, 0.15) is 12.0 Å². The van der Waals surface area contributed by atoms with Crippen LogP contribution in [0, 0.1) is 11.8 Å². The van der Waals surface area contributed by atoms with Crippen LogP contribution in [0.4, 0.5) is 5.69 Å². The predicted molar refractivity (Wildman–Crippen MR) is 59.7 cm³/mol. The van der Waals surface area contributed by atoms with Gasteiger partial charge in [-0.3, -0.25) is 9.59 Å². The molecular weight excluding hydrogens is 222 g/mol. The van der Waals surface area contributed by atoms with Crippen LogP contribution in [0.25, 0.3) is 0 Å². The van der Waals surface area contributed by atoms with E-state index < -0.39 is 5.97 Å². The molecule has 2 rings (SSSR count). The molecule has 0 spiro atoms. The molecule has 17 heavy (non-hydrogen) atoms. The van der Waals surface area contributed by atoms with Gasteiger partial charge < -0.3 is 15.2 Å². The van der Waals surface area contributed by atoms with Gasteiger partial charge in [0.1, 0.15) is 12.2 Å². The number of carbonyl (C=O) groups is 2. The molecule has 5 heteroatoms. The minimum Gasteiger partial charge on any atom is -0.482 e. The van der Waals surface area contributed by atoms with Crippen LogP contribution < -0.4 is 10.1 Å². The molecule has 1 amide bonds. The van der Waals surface area contributed by atoms with E-state index in [2.05, 4.69) is 17.2 Å². The zero-order chi connectivity index (χ0) is 12.3. The normalized spacial score (nSPS) is 12.6. The molecule has 1 aromatic carbocycles. The summed E-state index contributed by atoms with van der Waals surface area (Å²) in [6, 6.07) is 5.05. The third-order valence-corrected chi connectivity index (χ3v) is 2.09. The third kappa shape index (κ3) is 2.75. The van der Waals surface area contributed by atoms with Crippen LogP contribution in [0.2, 0.25) is 0 Å². The first-order valence-corrected chi connectivity index (χ1v) is 4.92. The monoisotopic (exact) mass is 231 g/mol. The summed E-state index contributed by atoms with van der Waals surface area (Å²) in [6.07, 6.45) is -0.200. The first-order valence-electron chi connectivity index (χ1n) is 4.92. The van der Waals surface area contributed by atoms with Crippen molar-refractivity contribution in [3.63, 3.8) is 0 Å². The predicted octanol–water partition coefficient (Wildman–Crippen LogP) is 0.844. The van der Waals surface area contributed by atoms with E-state index in [4.69, 9.17) is 9.84 Å². The van der Waals surface area contributed by atoms with Crippen LogP contribution in [-0.2, 0) is 9.59 Å². The summed E-state index contributed by atoms with van der Waals surface area (Å²) in [4.78, 5) is 21.3. The summed E-state index contributed by atoms with van der Waals surface area (Å²) in [7, 11) is 0. The molecule has 0 aromatic heterocycles. The number of carboxylic acids is 1. The molecule has 0 bridgehead atoms. The van der Waals surface area contributed by atoms with Crippen molar-refractivity contribution in [1.82, 2.24) is 0 Å². The van der Waals surface area contributed by atoms with Crippen LogP contribution in [0.3, 0.4) is 0 Å². The minimum absolute atomic E-state index is 0.0149. The Morgan fingerprint density at radius 2 is 2.35 bits per heavy atom. The Morgan fingerprint density at radius 3 is 3.12 bits per heavy atom. The van der Waals surface area contributed by atoms with Crippen molar-refractivity contribution in [2.24, 2.45) is 0 Å². The maximum Gasteiger partial charge on any atom is 0.315 e. The highest BCUT2D eigenvalue weighted by molar-refractivity contribution is 5.95. The fraction of sp³-hybridized carbons (Fsp3) is 0.167. The van der Waals surface area contributed by atoms with Crippen LogP contribution in [0.15, 0.2) is 18.2 Å². The Labute approximate surface area is 97.4 Å². The molecule has 1 aromatic rings. The Bertz CT molecular complexity index is 539. The number of nitrogens with one attached hydrogen (secondary N) is 1. The van der Waals surface area contributed by atoms with Gasteiger partial charge in [-0.05, 0) is 18.2 Å². The molecule has 5 nitrogen and oxygen atoms in total. The second-order valence-corrected chi connectivity index (χ2v) is 3.42. The van der Waals surface area contributed by atoms with E-state index in [1.54, 1.807) is 18.2 Å². The summed E-state index contributed by atoms with van der Waals surface area (Å²) in [5, 5.41) is 11.1. The summed E-state index contributed by atoms with van der Waals surface area (Å²) < 4.78 is 5.21. The number of anilines is 1. The quantitative estimate of drug-likeness (QED) is 0.702. The van der Waals surface area contributed by atoms with E-state index in [9.17, 15) is 9.59 Å². The molecular formula is C12H9NO4. The first kappa shape index (κ1) is 11.0. The molecule has 0 aliphatic carbocycles. The third-order valence-electron chi connectivity index (χ3n) is 2.09. The van der Waals surface area contributed by atoms with Crippen molar-refractivity contribution in [1.29, 1.82) is 0 Å². The van der Waals surface area contributed by atoms with E-state index in [0.717, 1.165) is 0 Å². The zero-order valence-electron chi connectivity index (χ0n) is 8.82. The van der Waals surface area contributed by atoms with Gasteiger partial charge in [0.2, 0.25) is 0 Å². The summed E-state index contributed by atoms with van der Waals surface area (Å²) >= 11 is 0. The van der Waals surface area contributed by atoms with Gasteiger partial charge in [0.25, 0.3) is 5.91 Å². The van der Waals surface area contributed by atoms with Gasteiger partial charge in [-0.15, -0.1) is 0 Å². The van der Waals surface area contributed by atoms with Crippen molar-refractivity contribution in [2.45, 2.75) is 6.42 Å². The summed E-state index contributed by atoms with van der Waals surface area (Å²) in [5.74, 6) is 4.63. The number of hydrogen-bond donors (Lipinski definition) is 2. The molecule has 0 fully saturated rings. The molecule has 1 aliphatic rings. The largest absolute Gasteiger partial charge is 0.482 e. The van der Waals surface area contributed by atoms with Crippen molar-refractivity contribution in [2.75, 3.05) is 11.9 Å². The SMILES string of the molecule is O=C(O)CC#Cc1ccc2c(c1)OCC(=O)N2. The molecule has 1 heterocycles. The van der Waals surface area contributed by atoms with Crippen molar-refractivity contribution in [3.8, 4) is 17.6 Å². The highest BCUT2D eigenvalue weighted by Crippen LogP contribution is 2.28. The lowest BCUT2D eigenvalue weighted by molar-refractivity contribution is -0.135. The number of benzene rings is 1. The number of amides is 1. The lowest BCUT2D eigenvalue weighted by atomic mass is 10.1. The second kappa shape index (κ2) is 4.58. The van der Waals surface area contributed by atoms with Gasteiger partial charge in [-0.25, -0.2) is 0 Å². The number of aliphatic carboxylic acids is 1. The number of carbonyl (C=O) groups excluding carboxylic acids is 1. The van der Waals surface area contributed by atoms with Gasteiger partial charge in [0.15, 0.2) is 6.61 Å². The van der Waals surface area contributed by atoms with E-state index in [1.807, 2.05) is 0 Å². The summed E-state index contributed by atoms with van der Waals surface area (Å²) in [6.45, 7) is -0.0149. The van der Waals surface area contributed by atoms with Crippen molar-refractivity contribution in [3.05, 3.63) is 23.8 Å². The van der Waals surface area contributed by atoms with E-state index >= 15 is 0 Å². The molecule has 86 valence electrons. The Kier molecular flexibility index (Phi) is 2.97. The van der Waals surface area contributed by atoms with Crippen LogP contribution in [0.5, 0.6) is 5.75 Å². The molecule has 0 unspecified atom stereocenters. The van der Waals surface area contributed by atoms with Crippen molar-refractivity contribution >= 4 is 17.6 Å². The molecule has 2 N–H and O–H groups in total. The van der Waals surface area contributed by atoms with E-state index in [-0.39, 0.29) is 18.9 Å². The minimum atomic E-state index is -0.959. The number of fused-ring (bicyclic) bond motifs is 1. The molecule has 1 aliphatic heterocycles. The van der Waals surface area contributed by atoms with Crippen molar-refractivity contribution < 1.29 is 19.4 Å². The van der Waals surface area contributed by atoms with Gasteiger partial charge in [-0.1, -0.05) is 11.8 Å². The fourth-order valence-electron chi connectivity index (χ4n) is 1.37. The highest BCUT2D eigenvalue weighted by atomic mass is 16.5. The molecule has 0 saturated heterocycles. The molecule has 0 saturated carbocycles. The highest BCUT2D eigenvalue weighted by Gasteiger charge is 2.15. The topological polar surface area (TPSA) is 75.6 Å². The number of ether oxygens (including phenoxy) is 1. The number of carboxylic acid groups (broad SMARTS) is 1. The van der Waals surface area contributed by atoms with E-state index in [1.165, 1.54) is 0 Å². The Balaban J connectivity index is 2.18. The Morgan fingerprint density at radius 1 is 1.53 bits per heavy atom. The van der Waals surface area contributed by atoms with Crippen LogP contribution >= 0.6 is 0 Å². The van der Waals surface area contributed by atoms with Gasteiger partial charge in [0.05, 0.1) is 5.69 Å². The molecule has 0 atom stereocenters. The maximum atomic E-state index is 11.0. The van der Waals surface area contributed by atoms with Gasteiger partial charge in [-0.2, -0.15) is 0 Å². The van der Waals surface area contributed by atoms with Gasteiger partial charge >= 0.3 is 5.97 Å². The van der Waals surface area contributed by atoms with Gasteiger partial charge in [0, 0.05) is 5.56 Å². The maximum absolute atomic E-state index is 11.0. The molecule has 0 radical (unpaired) electrons. The average Bonchev–Trinajstić information content (AvgIpc) is 2.29. The zero-order valence-corrected chi connectivity index (χ0v) is 8.82. The number of rotatable bonds is 1. The Hall–Kier alpha value is -2.48. The standard InChI is InChI=1S/C12H9NO4/c14-11-7-17-10-6-8(2-1-3-12(15)16)4-5-9(10)13-11/h4-6H,3,7H2,(H,13,14)(H,15,16). The van der Waals surface area contributed by atoms with E-state index in [0.29, 0.717) is 17.0 Å². The average molecular weight is 231 g/mol. The summed E-state index contributed by atoms with van der Waals surface area (Å²) in [5.41, 5.74) is 1.26. The van der Waals surface area contributed by atoms with Crippen LogP contribution in [-0.4, -0.2) is 23.6 Å². The lowest BCUT2D eigenvalue weighted by Gasteiger charge is -2.17. The fourth-order valence-corrected chi connectivity index (χ4v) is 1.37. The number of hydrogen-bond acceptors (Lipinski definition) is 3. The lowest BCUT2D eigenvalue weighted by Crippen LogP contribution is -2.25.